The Morgan fingerprint density at radius 2 is 1.65 bits per heavy atom. The van der Waals surface area contributed by atoms with Crippen LogP contribution in [0.2, 0.25) is 0 Å². The zero-order chi connectivity index (χ0) is 31.8. The molecule has 3 amide bonds. The van der Waals surface area contributed by atoms with E-state index in [9.17, 15) is 18.4 Å². The monoisotopic (exact) mass is 666 g/mol. The number of amides is 3. The van der Waals surface area contributed by atoms with Crippen LogP contribution in [-0.4, -0.2) is 95.9 Å². The molecule has 1 N–H and O–H groups in total. The third-order valence-electron chi connectivity index (χ3n) is 11.5. The van der Waals surface area contributed by atoms with Crippen molar-refractivity contribution in [1.82, 2.24) is 20.0 Å². The Bertz CT molecular complexity index is 1180. The number of ether oxygens (including phenoxy) is 2. The molecule has 5 fully saturated rings. The Balaban J connectivity index is 0.00000417. The lowest BCUT2D eigenvalue weighted by molar-refractivity contribution is -0.169. The van der Waals surface area contributed by atoms with Crippen molar-refractivity contribution in [3.8, 4) is 0 Å². The lowest BCUT2D eigenvalue weighted by Crippen LogP contribution is -2.60. The Hall–Kier alpha value is -2.01. The van der Waals surface area contributed by atoms with Crippen LogP contribution in [0.1, 0.15) is 96.6 Å². The molecule has 3 atom stereocenters. The molecule has 5 aliphatic rings. The molecule has 1 spiro atoms. The van der Waals surface area contributed by atoms with Gasteiger partial charge < -0.3 is 24.6 Å². The molecule has 11 heteroatoms. The molecule has 8 nitrogen and oxygen atoms in total. The van der Waals surface area contributed by atoms with Crippen LogP contribution in [0.4, 0.5) is 13.6 Å². The van der Waals surface area contributed by atoms with Crippen LogP contribution in [0.15, 0.2) is 30.3 Å². The van der Waals surface area contributed by atoms with Crippen LogP contribution < -0.4 is 5.32 Å². The second-order valence-electron chi connectivity index (χ2n) is 14.9. The van der Waals surface area contributed by atoms with Crippen LogP contribution in [0, 0.1) is 11.3 Å². The van der Waals surface area contributed by atoms with Crippen LogP contribution in [0.5, 0.6) is 0 Å². The second-order valence-corrected chi connectivity index (χ2v) is 14.9. The maximum Gasteiger partial charge on any atom is 0.320 e. The molecule has 0 aromatic heterocycles. The van der Waals surface area contributed by atoms with Crippen molar-refractivity contribution in [1.29, 1.82) is 0 Å². The van der Waals surface area contributed by atoms with Gasteiger partial charge in [0, 0.05) is 61.9 Å². The minimum atomic E-state index is -2.65. The van der Waals surface area contributed by atoms with Gasteiger partial charge in [-0.25, -0.2) is 13.6 Å². The molecule has 46 heavy (non-hydrogen) atoms. The van der Waals surface area contributed by atoms with Gasteiger partial charge in [-0.3, -0.25) is 9.69 Å². The number of hydrogen-bond acceptors (Lipinski definition) is 5. The SMILES string of the molecule is CCC1(CN2CC3(CC4CCC(C3)N4CC[C@H](NC(=O)C3CCC(F)(F)CC3)c3ccccc3)N(C(C)C)C2=O)COCOC1.Cl. The lowest BCUT2D eigenvalue weighted by atomic mass is 9.80. The number of hydrogen-bond donors (Lipinski definition) is 1. The summed E-state index contributed by atoms with van der Waals surface area (Å²) in [6.07, 6.45) is 5.84. The first-order valence-electron chi connectivity index (χ1n) is 17.3. The molecule has 6 rings (SSSR count). The molecule has 258 valence electrons. The van der Waals surface area contributed by atoms with Crippen molar-refractivity contribution in [2.75, 3.05) is 39.6 Å². The molecule has 1 aromatic rings. The molecule has 4 heterocycles. The smallest absolute Gasteiger partial charge is 0.320 e. The number of benzene rings is 1. The van der Waals surface area contributed by atoms with Gasteiger partial charge in [0.2, 0.25) is 11.8 Å². The zero-order valence-electron chi connectivity index (χ0n) is 27.7. The maximum atomic E-state index is 14.0. The van der Waals surface area contributed by atoms with Gasteiger partial charge >= 0.3 is 6.03 Å². The van der Waals surface area contributed by atoms with Gasteiger partial charge in [-0.1, -0.05) is 37.3 Å². The van der Waals surface area contributed by atoms with E-state index in [4.69, 9.17) is 9.47 Å². The summed E-state index contributed by atoms with van der Waals surface area (Å²) in [4.78, 5) is 34.2. The number of piperidine rings is 1. The van der Waals surface area contributed by atoms with Gasteiger partial charge in [-0.2, -0.15) is 0 Å². The Kier molecular flexibility index (Phi) is 10.9. The lowest BCUT2D eigenvalue weighted by Gasteiger charge is -2.49. The molecular formula is C35H53ClF2N4O4. The van der Waals surface area contributed by atoms with E-state index in [0.29, 0.717) is 38.6 Å². The summed E-state index contributed by atoms with van der Waals surface area (Å²) in [5, 5.41) is 3.26. The van der Waals surface area contributed by atoms with Gasteiger partial charge in [0.25, 0.3) is 0 Å². The van der Waals surface area contributed by atoms with E-state index >= 15 is 0 Å². The van der Waals surface area contributed by atoms with Gasteiger partial charge in [0.15, 0.2) is 0 Å². The molecule has 4 aliphatic heterocycles. The van der Waals surface area contributed by atoms with E-state index < -0.39 is 5.92 Å². The van der Waals surface area contributed by atoms with E-state index in [0.717, 1.165) is 57.2 Å². The normalized spacial score (nSPS) is 30.1. The highest BCUT2D eigenvalue weighted by atomic mass is 35.5. The first kappa shape index (κ1) is 35.3. The molecule has 1 aliphatic carbocycles. The third kappa shape index (κ3) is 7.20. The summed E-state index contributed by atoms with van der Waals surface area (Å²) < 4.78 is 38.9. The number of nitrogens with zero attached hydrogens (tertiary/aromatic N) is 3. The van der Waals surface area contributed by atoms with Crippen molar-refractivity contribution >= 4 is 24.3 Å². The topological polar surface area (TPSA) is 74.4 Å². The fraction of sp³-hybridized carbons (Fsp3) is 0.771. The van der Waals surface area contributed by atoms with Crippen molar-refractivity contribution < 1.29 is 27.8 Å². The predicted molar refractivity (Wildman–Crippen MR) is 175 cm³/mol. The van der Waals surface area contributed by atoms with Crippen molar-refractivity contribution in [3.63, 3.8) is 0 Å². The van der Waals surface area contributed by atoms with Crippen LogP contribution in [0.25, 0.3) is 0 Å². The second kappa shape index (κ2) is 14.2. The van der Waals surface area contributed by atoms with E-state index in [-0.39, 0.29) is 79.0 Å². The van der Waals surface area contributed by atoms with Crippen molar-refractivity contribution in [2.45, 2.75) is 121 Å². The average Bonchev–Trinajstić information content (AvgIpc) is 3.43. The Morgan fingerprint density at radius 1 is 1.02 bits per heavy atom. The highest BCUT2D eigenvalue weighted by Crippen LogP contribution is 2.48. The van der Waals surface area contributed by atoms with E-state index in [1.54, 1.807) is 0 Å². The average molecular weight is 667 g/mol. The Morgan fingerprint density at radius 3 is 2.24 bits per heavy atom. The molecule has 2 unspecified atom stereocenters. The summed E-state index contributed by atoms with van der Waals surface area (Å²) in [7, 11) is 0. The standard InChI is InChI=1S/C35H52F2N4O4.ClH/c1-4-33(22-44-24-45-23-33)20-39-21-34(41(25(2)3)32(39)43)18-28-10-11-29(19-34)40(28)17-14-30(26-8-6-5-7-9-26)38-31(42)27-12-15-35(36,37)16-13-27;/h5-9,25,27-30H,4,10-24H2,1-3H3,(H,38,42);1H/t28?,29?,30-,34?;/m0./s1. The Labute approximate surface area is 279 Å². The van der Waals surface area contributed by atoms with Crippen LogP contribution in [-0.2, 0) is 14.3 Å². The van der Waals surface area contributed by atoms with Crippen LogP contribution >= 0.6 is 12.4 Å². The number of alkyl halides is 2. The van der Waals surface area contributed by atoms with Crippen molar-refractivity contribution in [3.05, 3.63) is 35.9 Å². The quantitative estimate of drug-likeness (QED) is 0.313. The van der Waals surface area contributed by atoms with E-state index in [1.165, 1.54) is 0 Å². The predicted octanol–water partition coefficient (Wildman–Crippen LogP) is 6.39. The number of nitrogens with one attached hydrogen (secondary N) is 1. The number of rotatable bonds is 10. The fourth-order valence-electron chi connectivity index (χ4n) is 9.16. The summed E-state index contributed by atoms with van der Waals surface area (Å²) >= 11 is 0. The van der Waals surface area contributed by atoms with E-state index in [2.05, 4.69) is 40.8 Å². The minimum absolute atomic E-state index is 0. The summed E-state index contributed by atoms with van der Waals surface area (Å²) in [6, 6.07) is 10.9. The van der Waals surface area contributed by atoms with Gasteiger partial charge in [-0.15, -0.1) is 12.4 Å². The van der Waals surface area contributed by atoms with Gasteiger partial charge in [-0.05, 0) is 70.8 Å². The number of fused-ring (bicyclic) bond motifs is 2. The highest BCUT2D eigenvalue weighted by Gasteiger charge is 2.58. The fourth-order valence-corrected chi connectivity index (χ4v) is 9.16. The minimum Gasteiger partial charge on any atom is -0.355 e. The first-order chi connectivity index (χ1) is 21.5. The largest absolute Gasteiger partial charge is 0.355 e. The number of urea groups is 1. The van der Waals surface area contributed by atoms with Crippen molar-refractivity contribution in [2.24, 2.45) is 11.3 Å². The van der Waals surface area contributed by atoms with E-state index in [1.807, 2.05) is 30.3 Å². The number of halogens is 3. The molecule has 0 radical (unpaired) electrons. The number of carbonyl (C=O) groups excluding carboxylic acids is 2. The van der Waals surface area contributed by atoms with Gasteiger partial charge in [0.05, 0.1) is 24.8 Å². The molecular weight excluding hydrogens is 614 g/mol. The number of carbonyl (C=O) groups is 2. The van der Waals surface area contributed by atoms with Gasteiger partial charge in [0.1, 0.15) is 6.79 Å². The molecule has 2 bridgehead atoms. The molecule has 1 saturated carbocycles. The third-order valence-corrected chi connectivity index (χ3v) is 11.5. The van der Waals surface area contributed by atoms with Crippen LogP contribution in [0.3, 0.4) is 0 Å². The zero-order valence-corrected chi connectivity index (χ0v) is 28.5. The summed E-state index contributed by atoms with van der Waals surface area (Å²) in [6.45, 7) is 10.2. The summed E-state index contributed by atoms with van der Waals surface area (Å²) in [5.74, 6) is -3.11. The summed E-state index contributed by atoms with van der Waals surface area (Å²) in [5.41, 5.74) is 0.697. The molecule has 1 aromatic carbocycles. The maximum absolute atomic E-state index is 14.0. The first-order valence-corrected chi connectivity index (χ1v) is 17.3. The molecule has 4 saturated heterocycles. The highest BCUT2D eigenvalue weighted by molar-refractivity contribution is 5.85.